The Morgan fingerprint density at radius 2 is 1.97 bits per heavy atom. The van der Waals surface area contributed by atoms with Gasteiger partial charge in [0.15, 0.2) is 11.6 Å². The van der Waals surface area contributed by atoms with Crippen molar-refractivity contribution in [1.82, 2.24) is 15.0 Å². The predicted molar refractivity (Wildman–Crippen MR) is 108 cm³/mol. The van der Waals surface area contributed by atoms with Crippen LogP contribution in [0.4, 0.5) is 14.5 Å². The number of hydrogen-bond donors (Lipinski definition) is 1. The molecule has 1 N–H and O–H groups in total. The molecule has 3 aromatic rings. The van der Waals surface area contributed by atoms with Crippen molar-refractivity contribution in [2.45, 2.75) is 25.7 Å². The van der Waals surface area contributed by atoms with Crippen molar-refractivity contribution in [2.75, 3.05) is 25.0 Å². The van der Waals surface area contributed by atoms with Gasteiger partial charge in [0.2, 0.25) is 17.6 Å². The number of hydrogen-bond acceptors (Lipinski definition) is 5. The summed E-state index contributed by atoms with van der Waals surface area (Å²) >= 11 is 0. The van der Waals surface area contributed by atoms with Crippen LogP contribution in [0.1, 0.15) is 30.2 Å². The van der Waals surface area contributed by atoms with Gasteiger partial charge < -0.3 is 9.84 Å². The standard InChI is InChI=1S/C22H22F2N4O2/c1-14-3-2-4-16(11-14)21-26-22(30-27-21)15-7-9-28(10-8-15)13-20(29)25-17-5-6-18(23)19(24)12-17/h2-6,11-12,15H,7-10,13H2,1H3,(H,25,29). The van der Waals surface area contributed by atoms with Gasteiger partial charge in [-0.2, -0.15) is 4.98 Å². The number of halogens is 2. The predicted octanol–water partition coefficient (Wildman–Crippen LogP) is 4.14. The maximum atomic E-state index is 13.3. The summed E-state index contributed by atoms with van der Waals surface area (Å²) in [6.07, 6.45) is 1.60. The zero-order chi connectivity index (χ0) is 21.1. The van der Waals surface area contributed by atoms with Gasteiger partial charge in [-0.1, -0.05) is 28.9 Å². The molecule has 1 aliphatic rings. The Bertz CT molecular complexity index is 1050. The van der Waals surface area contributed by atoms with Gasteiger partial charge in [-0.3, -0.25) is 9.69 Å². The van der Waals surface area contributed by atoms with Crippen LogP contribution in [0, 0.1) is 18.6 Å². The lowest BCUT2D eigenvalue weighted by Gasteiger charge is -2.29. The molecule has 0 spiro atoms. The van der Waals surface area contributed by atoms with Crippen molar-refractivity contribution < 1.29 is 18.1 Å². The largest absolute Gasteiger partial charge is 0.339 e. The third-order valence-corrected chi connectivity index (χ3v) is 5.23. The van der Waals surface area contributed by atoms with Gasteiger partial charge in [0, 0.05) is 23.2 Å². The Balaban J connectivity index is 1.30. The minimum Gasteiger partial charge on any atom is -0.339 e. The van der Waals surface area contributed by atoms with E-state index < -0.39 is 11.6 Å². The topological polar surface area (TPSA) is 71.3 Å². The van der Waals surface area contributed by atoms with Gasteiger partial charge in [-0.15, -0.1) is 0 Å². The zero-order valence-corrected chi connectivity index (χ0v) is 16.6. The first-order valence-corrected chi connectivity index (χ1v) is 9.86. The Morgan fingerprint density at radius 1 is 1.17 bits per heavy atom. The molecule has 0 saturated carbocycles. The number of rotatable bonds is 5. The molecule has 6 nitrogen and oxygen atoms in total. The van der Waals surface area contributed by atoms with E-state index in [1.165, 1.54) is 6.07 Å². The average Bonchev–Trinajstić information content (AvgIpc) is 3.22. The normalized spacial score (nSPS) is 15.3. The fourth-order valence-corrected chi connectivity index (χ4v) is 3.62. The monoisotopic (exact) mass is 412 g/mol. The van der Waals surface area contributed by atoms with Gasteiger partial charge in [0.1, 0.15) is 0 Å². The van der Waals surface area contributed by atoms with Crippen LogP contribution >= 0.6 is 0 Å². The molecule has 8 heteroatoms. The number of piperidine rings is 1. The van der Waals surface area contributed by atoms with Crippen LogP contribution in [0.5, 0.6) is 0 Å². The van der Waals surface area contributed by atoms with Crippen LogP contribution < -0.4 is 5.32 Å². The molecule has 1 aromatic heterocycles. The van der Waals surface area contributed by atoms with E-state index >= 15 is 0 Å². The summed E-state index contributed by atoms with van der Waals surface area (Å²) in [5.41, 5.74) is 2.30. The summed E-state index contributed by atoms with van der Waals surface area (Å²) in [5, 5.41) is 6.71. The molecule has 2 aromatic carbocycles. The number of likely N-dealkylation sites (tertiary alicyclic amines) is 1. The Kier molecular flexibility index (Phi) is 5.85. The van der Waals surface area contributed by atoms with Gasteiger partial charge in [-0.05, 0) is 51.1 Å². The molecule has 1 saturated heterocycles. The highest BCUT2D eigenvalue weighted by Gasteiger charge is 2.26. The van der Waals surface area contributed by atoms with Crippen molar-refractivity contribution in [2.24, 2.45) is 0 Å². The van der Waals surface area contributed by atoms with Crippen LogP contribution in [0.3, 0.4) is 0 Å². The first kappa shape index (κ1) is 20.2. The molecule has 0 bridgehead atoms. The van der Waals surface area contributed by atoms with Gasteiger partial charge in [0.25, 0.3) is 0 Å². The molecule has 0 atom stereocenters. The second-order valence-corrected chi connectivity index (χ2v) is 7.55. The summed E-state index contributed by atoms with van der Waals surface area (Å²) in [6, 6.07) is 11.3. The molecule has 1 aliphatic heterocycles. The highest BCUT2D eigenvalue weighted by atomic mass is 19.2. The minimum absolute atomic E-state index is 0.154. The van der Waals surface area contributed by atoms with Gasteiger partial charge in [0.05, 0.1) is 6.54 Å². The highest BCUT2D eigenvalue weighted by molar-refractivity contribution is 5.92. The number of carbonyl (C=O) groups excluding carboxylic acids is 1. The first-order valence-electron chi connectivity index (χ1n) is 9.86. The van der Waals surface area contributed by atoms with Crippen molar-refractivity contribution in [1.29, 1.82) is 0 Å². The van der Waals surface area contributed by atoms with Crippen LogP contribution in [0.25, 0.3) is 11.4 Å². The maximum absolute atomic E-state index is 13.3. The molecule has 0 aliphatic carbocycles. The van der Waals surface area contributed by atoms with Crippen molar-refractivity contribution in [3.63, 3.8) is 0 Å². The van der Waals surface area contributed by atoms with E-state index in [1.807, 2.05) is 36.1 Å². The summed E-state index contributed by atoms with van der Waals surface area (Å²) in [6.45, 7) is 3.61. The molecule has 1 amide bonds. The summed E-state index contributed by atoms with van der Waals surface area (Å²) < 4.78 is 31.7. The summed E-state index contributed by atoms with van der Waals surface area (Å²) in [4.78, 5) is 18.8. The van der Waals surface area contributed by atoms with Gasteiger partial charge in [-0.25, -0.2) is 8.78 Å². The third kappa shape index (κ3) is 4.71. The maximum Gasteiger partial charge on any atom is 0.238 e. The molecule has 30 heavy (non-hydrogen) atoms. The molecule has 2 heterocycles. The van der Waals surface area contributed by atoms with E-state index in [2.05, 4.69) is 15.5 Å². The number of carbonyl (C=O) groups is 1. The lowest BCUT2D eigenvalue weighted by Crippen LogP contribution is -2.38. The van der Waals surface area contributed by atoms with E-state index in [1.54, 1.807) is 0 Å². The Hall–Kier alpha value is -3.13. The smallest absolute Gasteiger partial charge is 0.238 e. The highest BCUT2D eigenvalue weighted by Crippen LogP contribution is 2.28. The molecule has 4 rings (SSSR count). The van der Waals surface area contributed by atoms with E-state index in [-0.39, 0.29) is 24.1 Å². The quantitative estimate of drug-likeness (QED) is 0.682. The van der Waals surface area contributed by atoms with Crippen LogP contribution in [-0.4, -0.2) is 40.6 Å². The number of benzene rings is 2. The zero-order valence-electron chi connectivity index (χ0n) is 16.6. The average molecular weight is 412 g/mol. The lowest BCUT2D eigenvalue weighted by atomic mass is 9.97. The fraction of sp³-hybridized carbons (Fsp3) is 0.318. The lowest BCUT2D eigenvalue weighted by molar-refractivity contribution is -0.117. The molecule has 156 valence electrons. The van der Waals surface area contributed by atoms with E-state index in [9.17, 15) is 13.6 Å². The number of aryl methyl sites for hydroxylation is 1. The second kappa shape index (κ2) is 8.71. The van der Waals surface area contributed by atoms with Crippen LogP contribution in [0.2, 0.25) is 0 Å². The van der Waals surface area contributed by atoms with E-state index in [0.717, 1.165) is 36.1 Å². The van der Waals surface area contributed by atoms with Crippen molar-refractivity contribution >= 4 is 11.6 Å². The fourth-order valence-electron chi connectivity index (χ4n) is 3.62. The molecular formula is C22H22F2N4O2. The number of nitrogens with zero attached hydrogens (tertiary/aromatic N) is 3. The molecule has 0 radical (unpaired) electrons. The van der Waals surface area contributed by atoms with Crippen molar-refractivity contribution in [3.8, 4) is 11.4 Å². The van der Waals surface area contributed by atoms with E-state index in [0.29, 0.717) is 24.8 Å². The summed E-state index contributed by atoms with van der Waals surface area (Å²) in [5.74, 6) is -0.833. The Morgan fingerprint density at radius 3 is 2.70 bits per heavy atom. The number of anilines is 1. The van der Waals surface area contributed by atoms with Crippen LogP contribution in [0.15, 0.2) is 47.0 Å². The Labute approximate surface area is 172 Å². The minimum atomic E-state index is -0.988. The van der Waals surface area contributed by atoms with E-state index in [4.69, 9.17) is 4.52 Å². The summed E-state index contributed by atoms with van der Waals surface area (Å²) in [7, 11) is 0. The molecule has 1 fully saturated rings. The number of aromatic nitrogens is 2. The second-order valence-electron chi connectivity index (χ2n) is 7.55. The van der Waals surface area contributed by atoms with Crippen molar-refractivity contribution in [3.05, 3.63) is 65.6 Å². The SMILES string of the molecule is Cc1cccc(-c2noc(C3CCN(CC(=O)Nc4ccc(F)c(F)c4)CC3)n2)c1. The molecular weight excluding hydrogens is 390 g/mol. The molecule has 0 unspecified atom stereocenters. The number of nitrogens with one attached hydrogen (secondary N) is 1. The first-order chi connectivity index (χ1) is 14.5. The number of amides is 1. The van der Waals surface area contributed by atoms with Crippen LogP contribution in [-0.2, 0) is 4.79 Å². The third-order valence-electron chi connectivity index (χ3n) is 5.23. The van der Waals surface area contributed by atoms with Gasteiger partial charge >= 0.3 is 0 Å².